The minimum atomic E-state index is -0.873. The number of carboxylic acid groups (broad SMARTS) is 1. The maximum absolute atomic E-state index is 13.1. The predicted octanol–water partition coefficient (Wildman–Crippen LogP) is 2.71. The van der Waals surface area contributed by atoms with Crippen LogP contribution in [-0.2, 0) is 16.0 Å². The Bertz CT molecular complexity index is 619. The van der Waals surface area contributed by atoms with Gasteiger partial charge in [-0.3, -0.25) is 4.79 Å². The lowest BCUT2D eigenvalue weighted by Crippen LogP contribution is -2.48. The molecule has 1 amide bonds. The fourth-order valence-electron chi connectivity index (χ4n) is 4.44. The van der Waals surface area contributed by atoms with Gasteiger partial charge in [0.2, 0.25) is 5.91 Å². The summed E-state index contributed by atoms with van der Waals surface area (Å²) >= 11 is 0. The summed E-state index contributed by atoms with van der Waals surface area (Å²) in [5.74, 6) is -0.114. The van der Waals surface area contributed by atoms with Crippen molar-refractivity contribution in [2.24, 2.45) is 11.8 Å². The molecule has 1 N–H and O–H groups in total. The number of aryl methyl sites for hydroxylation is 2. The van der Waals surface area contributed by atoms with Crippen LogP contribution in [-0.4, -0.2) is 39.1 Å². The zero-order chi connectivity index (χ0) is 17.4. The molecule has 2 fully saturated rings. The Balaban J connectivity index is 1.79. The summed E-state index contributed by atoms with van der Waals surface area (Å²) in [5, 5.41) is 13.5. The molecular weight excluding hydrogens is 308 g/mol. The monoisotopic (exact) mass is 334 g/mol. The van der Waals surface area contributed by atoms with Crippen LogP contribution in [0.4, 0.5) is 0 Å². The summed E-state index contributed by atoms with van der Waals surface area (Å²) in [6.07, 6.45) is 5.33. The standard InChI is InChI=1S/C18H26N2O4/c1-10(8-14-11(2)19-24-12(14)3)17(21)20-15-7-5-4-6-13(15)9-16(20)18(22)23/h10,13,15-16H,4-9H2,1-3H3,(H,22,23)/t10-,13-,15-,16-/m0/s1. The topological polar surface area (TPSA) is 83.6 Å². The van der Waals surface area contributed by atoms with Crippen molar-refractivity contribution < 1.29 is 19.2 Å². The number of likely N-dealkylation sites (tertiary alicyclic amines) is 1. The Morgan fingerprint density at radius 3 is 2.67 bits per heavy atom. The molecule has 3 rings (SSSR count). The summed E-state index contributed by atoms with van der Waals surface area (Å²) in [4.78, 5) is 26.5. The molecule has 4 atom stereocenters. The Kier molecular flexibility index (Phi) is 4.65. The lowest BCUT2D eigenvalue weighted by molar-refractivity contribution is -0.151. The van der Waals surface area contributed by atoms with Crippen LogP contribution < -0.4 is 0 Å². The second-order valence-electron chi connectivity index (χ2n) is 7.36. The molecule has 2 aliphatic rings. The van der Waals surface area contributed by atoms with Gasteiger partial charge in [-0.25, -0.2) is 4.79 Å². The third-order valence-corrected chi connectivity index (χ3v) is 5.74. The number of nitrogens with zero attached hydrogens (tertiary/aromatic N) is 2. The van der Waals surface area contributed by atoms with Gasteiger partial charge in [-0.15, -0.1) is 0 Å². The normalized spacial score (nSPS) is 27.8. The van der Waals surface area contributed by atoms with Crippen LogP contribution in [0.5, 0.6) is 0 Å². The molecule has 1 aromatic heterocycles. The number of fused-ring (bicyclic) bond motifs is 1. The van der Waals surface area contributed by atoms with Crippen molar-refractivity contribution in [2.75, 3.05) is 0 Å². The van der Waals surface area contributed by atoms with Crippen LogP contribution in [0.2, 0.25) is 0 Å². The summed E-state index contributed by atoms with van der Waals surface area (Å²) in [6.45, 7) is 5.60. The minimum Gasteiger partial charge on any atom is -0.480 e. The minimum absolute atomic E-state index is 0.0446. The average Bonchev–Trinajstić information content (AvgIpc) is 3.09. The van der Waals surface area contributed by atoms with Crippen LogP contribution in [0, 0.1) is 25.7 Å². The molecule has 132 valence electrons. The van der Waals surface area contributed by atoms with Crippen molar-refractivity contribution in [3.05, 3.63) is 17.0 Å². The highest BCUT2D eigenvalue weighted by Gasteiger charge is 2.48. The quantitative estimate of drug-likeness (QED) is 0.915. The third kappa shape index (κ3) is 2.94. The third-order valence-electron chi connectivity index (χ3n) is 5.74. The first-order chi connectivity index (χ1) is 11.4. The number of carbonyl (C=O) groups is 2. The summed E-state index contributed by atoms with van der Waals surface area (Å²) in [6, 6.07) is -0.572. The molecule has 24 heavy (non-hydrogen) atoms. The van der Waals surface area contributed by atoms with Crippen LogP contribution in [0.1, 0.15) is 56.0 Å². The van der Waals surface area contributed by atoms with Crippen LogP contribution in [0.15, 0.2) is 4.52 Å². The van der Waals surface area contributed by atoms with Crippen LogP contribution in [0.25, 0.3) is 0 Å². The van der Waals surface area contributed by atoms with Crippen LogP contribution in [0.3, 0.4) is 0 Å². The van der Waals surface area contributed by atoms with Crippen molar-refractivity contribution >= 4 is 11.9 Å². The number of carboxylic acids is 1. The summed E-state index contributed by atoms with van der Waals surface area (Å²) < 4.78 is 5.18. The molecule has 6 heteroatoms. The number of carbonyl (C=O) groups excluding carboxylic acids is 1. The van der Waals surface area contributed by atoms with E-state index in [0.29, 0.717) is 18.8 Å². The zero-order valence-corrected chi connectivity index (χ0v) is 14.6. The lowest BCUT2D eigenvalue weighted by atomic mass is 9.84. The van der Waals surface area contributed by atoms with Gasteiger partial charge in [0.15, 0.2) is 0 Å². The molecular formula is C18H26N2O4. The van der Waals surface area contributed by atoms with E-state index in [9.17, 15) is 14.7 Å². The second kappa shape index (κ2) is 6.57. The summed E-state index contributed by atoms with van der Waals surface area (Å²) in [7, 11) is 0. The summed E-state index contributed by atoms with van der Waals surface area (Å²) in [5.41, 5.74) is 1.76. The van der Waals surface area contributed by atoms with Gasteiger partial charge in [0.25, 0.3) is 0 Å². The van der Waals surface area contributed by atoms with Crippen molar-refractivity contribution in [3.63, 3.8) is 0 Å². The highest BCUT2D eigenvalue weighted by atomic mass is 16.5. The second-order valence-corrected chi connectivity index (χ2v) is 7.36. The molecule has 1 aliphatic heterocycles. The molecule has 0 aromatic carbocycles. The smallest absolute Gasteiger partial charge is 0.326 e. The molecule has 0 radical (unpaired) electrons. The van der Waals surface area contributed by atoms with E-state index < -0.39 is 12.0 Å². The first-order valence-electron chi connectivity index (χ1n) is 8.86. The highest BCUT2D eigenvalue weighted by Crippen LogP contribution is 2.40. The van der Waals surface area contributed by atoms with Crippen molar-refractivity contribution in [2.45, 2.75) is 71.4 Å². The number of hydrogen-bond donors (Lipinski definition) is 1. The lowest BCUT2D eigenvalue weighted by Gasteiger charge is -2.34. The molecule has 0 spiro atoms. The van der Waals surface area contributed by atoms with E-state index in [1.807, 2.05) is 20.8 Å². The van der Waals surface area contributed by atoms with Crippen molar-refractivity contribution in [1.29, 1.82) is 0 Å². The SMILES string of the molecule is Cc1noc(C)c1C[C@H](C)C(=O)N1[C@H](C(=O)O)C[C@@H]2CCCC[C@@H]21. The largest absolute Gasteiger partial charge is 0.480 e. The highest BCUT2D eigenvalue weighted by molar-refractivity contribution is 5.86. The maximum atomic E-state index is 13.1. The fourth-order valence-corrected chi connectivity index (χ4v) is 4.44. The van der Waals surface area contributed by atoms with Gasteiger partial charge in [-0.05, 0) is 45.4 Å². The molecule has 0 bridgehead atoms. The van der Waals surface area contributed by atoms with E-state index in [2.05, 4.69) is 5.16 Å². The van der Waals surface area contributed by atoms with Gasteiger partial charge in [0.05, 0.1) is 5.69 Å². The van der Waals surface area contributed by atoms with Crippen molar-refractivity contribution in [1.82, 2.24) is 10.1 Å². The fraction of sp³-hybridized carbons (Fsp3) is 0.722. The molecule has 0 unspecified atom stereocenters. The van der Waals surface area contributed by atoms with Gasteiger partial charge in [0, 0.05) is 17.5 Å². The Morgan fingerprint density at radius 2 is 2.04 bits per heavy atom. The van der Waals surface area contributed by atoms with E-state index in [-0.39, 0.29) is 17.9 Å². The Hall–Kier alpha value is -1.85. The van der Waals surface area contributed by atoms with E-state index in [4.69, 9.17) is 4.52 Å². The van der Waals surface area contributed by atoms with E-state index in [0.717, 1.165) is 42.7 Å². The molecule has 6 nitrogen and oxygen atoms in total. The zero-order valence-electron chi connectivity index (χ0n) is 14.6. The van der Waals surface area contributed by atoms with Crippen LogP contribution >= 0.6 is 0 Å². The van der Waals surface area contributed by atoms with Crippen molar-refractivity contribution in [3.8, 4) is 0 Å². The van der Waals surface area contributed by atoms with Gasteiger partial charge >= 0.3 is 5.97 Å². The molecule has 2 heterocycles. The van der Waals surface area contributed by atoms with E-state index in [1.165, 1.54) is 0 Å². The molecule has 1 saturated carbocycles. The van der Waals surface area contributed by atoms with Gasteiger partial charge in [-0.2, -0.15) is 0 Å². The van der Waals surface area contributed by atoms with E-state index in [1.54, 1.807) is 4.90 Å². The molecule has 1 aliphatic carbocycles. The number of amides is 1. The number of hydrogen-bond acceptors (Lipinski definition) is 4. The van der Waals surface area contributed by atoms with E-state index >= 15 is 0 Å². The first-order valence-corrected chi connectivity index (χ1v) is 8.86. The maximum Gasteiger partial charge on any atom is 0.326 e. The van der Waals surface area contributed by atoms with Gasteiger partial charge in [-0.1, -0.05) is 24.9 Å². The average molecular weight is 334 g/mol. The number of aliphatic carboxylic acids is 1. The Labute approximate surface area is 142 Å². The van der Waals surface area contributed by atoms with Gasteiger partial charge < -0.3 is 14.5 Å². The van der Waals surface area contributed by atoms with Gasteiger partial charge in [0.1, 0.15) is 11.8 Å². The molecule has 1 saturated heterocycles. The number of aromatic nitrogens is 1. The first kappa shape index (κ1) is 17.0. The molecule has 1 aromatic rings. The predicted molar refractivity (Wildman–Crippen MR) is 87.5 cm³/mol. The Morgan fingerprint density at radius 1 is 1.33 bits per heavy atom. The number of rotatable bonds is 4.